The molecule has 2 bridgehead atoms. The maximum Gasteiger partial charge on any atom is 0.246 e. The maximum absolute atomic E-state index is 14.2. The number of hydrogen-bond donors (Lipinski definition) is 2. The van der Waals surface area contributed by atoms with Crippen LogP contribution in [-0.2, 0) is 25.5 Å². The Morgan fingerprint density at radius 1 is 1.12 bits per heavy atom. The largest absolute Gasteiger partial charge is 0.497 e. The van der Waals surface area contributed by atoms with Crippen LogP contribution in [0.5, 0.6) is 5.75 Å². The number of carbonyl (C=O) groups excluding carboxylic acids is 3. The van der Waals surface area contributed by atoms with Crippen LogP contribution in [0.1, 0.15) is 38.2 Å². The van der Waals surface area contributed by atoms with Gasteiger partial charge < -0.3 is 25.0 Å². The minimum atomic E-state index is -1.21. The van der Waals surface area contributed by atoms with Crippen molar-refractivity contribution in [3.8, 4) is 5.75 Å². The zero-order valence-electron chi connectivity index (χ0n) is 23.3. The first-order valence-electron chi connectivity index (χ1n) is 14.5. The lowest BCUT2D eigenvalue weighted by molar-refractivity contribution is -0.141. The summed E-state index contributed by atoms with van der Waals surface area (Å²) in [6.45, 7) is 2.45. The summed E-state index contributed by atoms with van der Waals surface area (Å²) in [6.07, 6.45) is 7.75. The molecule has 2 N–H and O–H groups in total. The quantitative estimate of drug-likeness (QED) is 0.454. The molecule has 41 heavy (non-hydrogen) atoms. The molecule has 9 heteroatoms. The predicted molar refractivity (Wildman–Crippen MR) is 156 cm³/mol. The summed E-state index contributed by atoms with van der Waals surface area (Å²) in [5.74, 6) is -1.40. The smallest absolute Gasteiger partial charge is 0.246 e. The van der Waals surface area contributed by atoms with Gasteiger partial charge in [-0.1, -0.05) is 67.8 Å². The van der Waals surface area contributed by atoms with E-state index >= 15 is 0 Å². The summed E-state index contributed by atoms with van der Waals surface area (Å²) in [7, 11) is 1.56. The second-order valence-electron chi connectivity index (χ2n) is 11.7. The molecule has 0 unspecified atom stereocenters. The maximum atomic E-state index is 14.2. The van der Waals surface area contributed by atoms with Crippen molar-refractivity contribution in [1.82, 2.24) is 10.2 Å². The van der Waals surface area contributed by atoms with Gasteiger partial charge in [-0.2, -0.15) is 0 Å². The Bertz CT molecular complexity index is 1380. The van der Waals surface area contributed by atoms with Crippen LogP contribution in [0.4, 0.5) is 5.69 Å². The summed E-state index contributed by atoms with van der Waals surface area (Å²) < 4.78 is 11.8. The third kappa shape index (κ3) is 4.91. The zero-order valence-corrected chi connectivity index (χ0v) is 24.1. The van der Waals surface area contributed by atoms with E-state index in [1.807, 2.05) is 36.4 Å². The fraction of sp³-hybridized carbons (Fsp3) is 0.469. The van der Waals surface area contributed by atoms with Gasteiger partial charge in [0.15, 0.2) is 0 Å². The number of likely N-dealkylation sites (tertiary alicyclic amines) is 1. The molecule has 2 aromatic carbocycles. The minimum Gasteiger partial charge on any atom is -0.497 e. The Morgan fingerprint density at radius 3 is 2.71 bits per heavy atom. The molecule has 216 valence electrons. The number of anilines is 1. The van der Waals surface area contributed by atoms with Crippen LogP contribution in [0.3, 0.4) is 0 Å². The average Bonchev–Trinajstić information content (AvgIpc) is 3.61. The Hall–Kier alpha value is -3.36. The summed E-state index contributed by atoms with van der Waals surface area (Å²) in [5.41, 5.74) is 0.252. The van der Waals surface area contributed by atoms with Crippen LogP contribution in [0.25, 0.3) is 0 Å². The van der Waals surface area contributed by atoms with E-state index < -0.39 is 29.6 Å². The first-order valence-corrected chi connectivity index (χ1v) is 14.9. The van der Waals surface area contributed by atoms with Gasteiger partial charge in [0.25, 0.3) is 0 Å². The molecule has 2 saturated heterocycles. The molecular formula is C32H36ClN3O5. The second kappa shape index (κ2) is 11.1. The first-order chi connectivity index (χ1) is 19.8. The number of amides is 3. The molecule has 1 spiro atoms. The second-order valence-corrected chi connectivity index (χ2v) is 12.1. The number of benzene rings is 2. The highest BCUT2D eigenvalue weighted by Crippen LogP contribution is 2.55. The van der Waals surface area contributed by atoms with Gasteiger partial charge in [0.1, 0.15) is 17.4 Å². The molecule has 3 aliphatic heterocycles. The fourth-order valence-corrected chi connectivity index (χ4v) is 7.40. The van der Waals surface area contributed by atoms with Crippen molar-refractivity contribution in [3.63, 3.8) is 0 Å². The Kier molecular flexibility index (Phi) is 7.55. The SMILES string of the molecule is COc1cccc(NC(=O)[C@H]2[C@H]3C=C[C@@]4(O3)[C@H]2C(=O)N(CCc2ccccc2Cl)[C@@H]4C(=O)N[C@@H]2CCCC[C@@H]2C)c1. The highest BCUT2D eigenvalue weighted by atomic mass is 35.5. The number of hydrogen-bond acceptors (Lipinski definition) is 5. The highest BCUT2D eigenvalue weighted by Gasteiger charge is 2.72. The predicted octanol–water partition coefficient (Wildman–Crippen LogP) is 4.38. The van der Waals surface area contributed by atoms with Crippen LogP contribution in [0.2, 0.25) is 5.02 Å². The molecule has 4 aliphatic rings. The van der Waals surface area contributed by atoms with Crippen molar-refractivity contribution in [1.29, 1.82) is 0 Å². The number of ether oxygens (including phenoxy) is 2. The van der Waals surface area contributed by atoms with Crippen LogP contribution in [0.15, 0.2) is 60.7 Å². The molecule has 3 heterocycles. The Morgan fingerprint density at radius 2 is 1.93 bits per heavy atom. The number of carbonyl (C=O) groups is 3. The number of halogens is 1. The zero-order chi connectivity index (χ0) is 28.7. The van der Waals surface area contributed by atoms with Gasteiger partial charge in [0.05, 0.1) is 25.0 Å². The minimum absolute atomic E-state index is 0.0435. The fourth-order valence-electron chi connectivity index (χ4n) is 7.17. The monoisotopic (exact) mass is 577 g/mol. The average molecular weight is 578 g/mol. The van der Waals surface area contributed by atoms with Crippen molar-refractivity contribution in [3.05, 3.63) is 71.3 Å². The number of rotatable bonds is 8. The van der Waals surface area contributed by atoms with Crippen molar-refractivity contribution in [2.24, 2.45) is 17.8 Å². The molecule has 8 nitrogen and oxygen atoms in total. The normalized spacial score (nSPS) is 31.7. The molecule has 2 aromatic rings. The van der Waals surface area contributed by atoms with E-state index in [2.05, 4.69) is 17.6 Å². The lowest BCUT2D eigenvalue weighted by Gasteiger charge is -2.36. The standard InChI is InChI=1S/C32H36ClN3O5/c1-19-8-3-6-13-24(19)35-30(38)28-32-16-14-25(41-32)26(29(37)34-21-10-7-11-22(18-21)40-2)27(32)31(39)36(28)17-15-20-9-4-5-12-23(20)33/h4-5,7,9-12,14,16,18-19,24-28H,3,6,8,13,15,17H2,1-2H3,(H,34,37)(H,35,38)/t19-,24+,25+,26-,27+,28+,32+/m0/s1. The molecule has 1 aliphatic carbocycles. The molecule has 7 atom stereocenters. The lowest BCUT2D eigenvalue weighted by atomic mass is 9.74. The van der Waals surface area contributed by atoms with Gasteiger partial charge in [-0.3, -0.25) is 14.4 Å². The van der Waals surface area contributed by atoms with Crippen LogP contribution >= 0.6 is 11.6 Å². The molecule has 6 rings (SSSR count). The van der Waals surface area contributed by atoms with Gasteiger partial charge in [-0.15, -0.1) is 0 Å². The van der Waals surface area contributed by atoms with Gasteiger partial charge in [-0.05, 0) is 48.9 Å². The molecule has 0 radical (unpaired) electrons. The van der Waals surface area contributed by atoms with Gasteiger partial charge >= 0.3 is 0 Å². The lowest BCUT2D eigenvalue weighted by Crippen LogP contribution is -2.57. The van der Waals surface area contributed by atoms with Crippen LogP contribution in [-0.4, -0.2) is 60.1 Å². The van der Waals surface area contributed by atoms with E-state index in [9.17, 15) is 14.4 Å². The van der Waals surface area contributed by atoms with E-state index in [0.717, 1.165) is 31.2 Å². The van der Waals surface area contributed by atoms with Gasteiger partial charge in [-0.25, -0.2) is 0 Å². The van der Waals surface area contributed by atoms with E-state index in [1.165, 1.54) is 0 Å². The third-order valence-electron chi connectivity index (χ3n) is 9.28. The van der Waals surface area contributed by atoms with Gasteiger partial charge in [0, 0.05) is 29.4 Å². The van der Waals surface area contributed by atoms with Crippen molar-refractivity contribution < 1.29 is 23.9 Å². The first kappa shape index (κ1) is 27.8. The Labute approximate surface area is 245 Å². The van der Waals surface area contributed by atoms with E-state index in [1.54, 1.807) is 36.3 Å². The summed E-state index contributed by atoms with van der Waals surface area (Å²) in [6, 6.07) is 13.7. The van der Waals surface area contributed by atoms with Crippen molar-refractivity contribution >= 4 is 35.0 Å². The van der Waals surface area contributed by atoms with Crippen LogP contribution < -0.4 is 15.4 Å². The topological polar surface area (TPSA) is 97.0 Å². The van der Waals surface area contributed by atoms with E-state index in [4.69, 9.17) is 21.1 Å². The van der Waals surface area contributed by atoms with E-state index in [-0.39, 0.29) is 30.3 Å². The molecule has 3 amide bonds. The molecule has 3 fully saturated rings. The summed E-state index contributed by atoms with van der Waals surface area (Å²) in [5, 5.41) is 6.83. The summed E-state index contributed by atoms with van der Waals surface area (Å²) in [4.78, 5) is 43.6. The Balaban J connectivity index is 1.30. The summed E-state index contributed by atoms with van der Waals surface area (Å²) >= 11 is 6.43. The molecule has 0 aromatic heterocycles. The number of methoxy groups -OCH3 is 1. The van der Waals surface area contributed by atoms with Gasteiger partial charge in [0.2, 0.25) is 17.7 Å². The van der Waals surface area contributed by atoms with E-state index in [0.29, 0.717) is 28.8 Å². The molecule has 1 saturated carbocycles. The van der Waals surface area contributed by atoms with Crippen LogP contribution in [0, 0.1) is 17.8 Å². The van der Waals surface area contributed by atoms with Crippen molar-refractivity contribution in [2.75, 3.05) is 19.0 Å². The number of nitrogens with one attached hydrogen (secondary N) is 2. The van der Waals surface area contributed by atoms with Crippen molar-refractivity contribution in [2.45, 2.75) is 62.8 Å². The third-order valence-corrected chi connectivity index (χ3v) is 9.65. The number of fused-ring (bicyclic) bond motifs is 1. The highest BCUT2D eigenvalue weighted by molar-refractivity contribution is 6.31. The number of nitrogens with zero attached hydrogens (tertiary/aromatic N) is 1. The molecular weight excluding hydrogens is 542 g/mol.